The lowest BCUT2D eigenvalue weighted by molar-refractivity contribution is 0.0595. The third-order valence-corrected chi connectivity index (χ3v) is 3.01. The maximum atomic E-state index is 11.6. The summed E-state index contributed by atoms with van der Waals surface area (Å²) in [7, 11) is 3.14. The number of nitrogen functional groups attached to an aromatic ring is 1. The predicted octanol–water partition coefficient (Wildman–Crippen LogP) is 0.298. The van der Waals surface area contributed by atoms with E-state index in [0.717, 1.165) is 5.82 Å². The minimum Gasteiger partial charge on any atom is -0.464 e. The number of esters is 1. The second-order valence-electron chi connectivity index (χ2n) is 4.23. The van der Waals surface area contributed by atoms with E-state index in [1.54, 1.807) is 22.4 Å². The number of hydrogen-bond acceptors (Lipinski definition) is 6. The summed E-state index contributed by atoms with van der Waals surface area (Å²) < 4.78 is 8.18. The van der Waals surface area contributed by atoms with Crippen molar-refractivity contribution in [3.63, 3.8) is 0 Å². The summed E-state index contributed by atoms with van der Waals surface area (Å²) in [4.78, 5) is 15.7. The minimum atomic E-state index is -0.551. The van der Waals surface area contributed by atoms with Crippen LogP contribution in [0.3, 0.4) is 0 Å². The third kappa shape index (κ3) is 2.05. The highest BCUT2D eigenvalue weighted by Gasteiger charge is 2.24. The normalized spacial score (nSPS) is 12.4. The lowest BCUT2D eigenvalue weighted by Gasteiger charge is -2.15. The van der Waals surface area contributed by atoms with Gasteiger partial charge in [-0.2, -0.15) is 0 Å². The van der Waals surface area contributed by atoms with Crippen LogP contribution in [-0.2, 0) is 11.8 Å². The molecule has 0 aliphatic heterocycles. The summed E-state index contributed by atoms with van der Waals surface area (Å²) in [5.41, 5.74) is 6.10. The largest absolute Gasteiger partial charge is 0.464 e. The molecule has 102 valence electrons. The van der Waals surface area contributed by atoms with Crippen LogP contribution in [0.25, 0.3) is 0 Å². The molecule has 0 aliphatic rings. The highest BCUT2D eigenvalue weighted by atomic mass is 16.5. The Morgan fingerprint density at radius 1 is 1.53 bits per heavy atom. The van der Waals surface area contributed by atoms with Crippen molar-refractivity contribution in [1.29, 1.82) is 0 Å². The number of methoxy groups -OCH3 is 1. The zero-order valence-corrected chi connectivity index (χ0v) is 11.3. The van der Waals surface area contributed by atoms with Crippen molar-refractivity contribution in [1.82, 2.24) is 24.3 Å². The molecule has 0 saturated heterocycles. The highest BCUT2D eigenvalue weighted by molar-refractivity contribution is 5.92. The van der Waals surface area contributed by atoms with Crippen LogP contribution >= 0.6 is 0 Å². The second-order valence-corrected chi connectivity index (χ2v) is 4.23. The number of aromatic nitrogens is 5. The topological polar surface area (TPSA) is 101 Å². The summed E-state index contributed by atoms with van der Waals surface area (Å²) in [5.74, 6) is 1.06. The van der Waals surface area contributed by atoms with E-state index < -0.39 is 5.97 Å². The summed E-state index contributed by atoms with van der Waals surface area (Å²) in [5, 5.41) is 7.87. The van der Waals surface area contributed by atoms with E-state index in [4.69, 9.17) is 5.73 Å². The number of carbonyl (C=O) groups excluding carboxylic acids is 1. The first-order chi connectivity index (χ1) is 8.97. The van der Waals surface area contributed by atoms with Gasteiger partial charge < -0.3 is 19.6 Å². The van der Waals surface area contributed by atoms with Crippen molar-refractivity contribution in [3.05, 3.63) is 23.7 Å². The van der Waals surface area contributed by atoms with Crippen molar-refractivity contribution < 1.29 is 9.53 Å². The number of carbonyl (C=O) groups is 1. The average Bonchev–Trinajstić information content (AvgIpc) is 2.92. The monoisotopic (exact) mass is 264 g/mol. The van der Waals surface area contributed by atoms with Gasteiger partial charge in [-0.3, -0.25) is 0 Å². The van der Waals surface area contributed by atoms with Crippen LogP contribution in [0.2, 0.25) is 0 Å². The Bertz CT molecular complexity index is 615. The van der Waals surface area contributed by atoms with Crippen LogP contribution in [0.5, 0.6) is 0 Å². The molecule has 0 aliphatic carbocycles. The third-order valence-electron chi connectivity index (χ3n) is 3.01. The summed E-state index contributed by atoms with van der Waals surface area (Å²) in [6.45, 7) is 3.69. The van der Waals surface area contributed by atoms with E-state index in [2.05, 4.69) is 19.9 Å². The molecule has 0 saturated carbocycles. The Morgan fingerprint density at radius 3 is 2.74 bits per heavy atom. The maximum Gasteiger partial charge on any atom is 0.360 e. The van der Waals surface area contributed by atoms with Crippen molar-refractivity contribution in [2.24, 2.45) is 7.05 Å². The van der Waals surface area contributed by atoms with Gasteiger partial charge in [-0.05, 0) is 13.8 Å². The number of anilines is 1. The van der Waals surface area contributed by atoms with Gasteiger partial charge in [0.05, 0.1) is 13.2 Å². The highest BCUT2D eigenvalue weighted by Crippen LogP contribution is 2.24. The van der Waals surface area contributed by atoms with Crippen LogP contribution < -0.4 is 5.73 Å². The molecule has 8 nitrogen and oxygen atoms in total. The number of aryl methyl sites for hydroxylation is 2. The first-order valence-corrected chi connectivity index (χ1v) is 5.73. The van der Waals surface area contributed by atoms with E-state index >= 15 is 0 Å². The molecule has 1 atom stereocenters. The fourth-order valence-electron chi connectivity index (χ4n) is 2.08. The molecule has 2 N–H and O–H groups in total. The Morgan fingerprint density at radius 2 is 2.21 bits per heavy atom. The molecule has 2 aromatic rings. The molecule has 0 bridgehead atoms. The van der Waals surface area contributed by atoms with Gasteiger partial charge in [0, 0.05) is 7.05 Å². The fourth-order valence-corrected chi connectivity index (χ4v) is 2.08. The number of ether oxygens (including phenoxy) is 1. The van der Waals surface area contributed by atoms with Crippen molar-refractivity contribution in [3.8, 4) is 0 Å². The van der Waals surface area contributed by atoms with E-state index in [0.29, 0.717) is 5.82 Å². The van der Waals surface area contributed by atoms with Gasteiger partial charge in [0.15, 0.2) is 11.5 Å². The Labute approximate surface area is 110 Å². The number of nitrogens with zero attached hydrogens (tertiary/aromatic N) is 5. The first kappa shape index (κ1) is 13.1. The van der Waals surface area contributed by atoms with Crippen LogP contribution in [0, 0.1) is 6.92 Å². The molecule has 2 heterocycles. The molecule has 0 aromatic carbocycles. The van der Waals surface area contributed by atoms with Crippen molar-refractivity contribution in [2.45, 2.75) is 19.9 Å². The number of rotatable bonds is 3. The Hall–Kier alpha value is -2.38. The van der Waals surface area contributed by atoms with E-state index in [1.807, 2.05) is 14.0 Å². The summed E-state index contributed by atoms with van der Waals surface area (Å²) >= 11 is 0. The molecule has 8 heteroatoms. The van der Waals surface area contributed by atoms with Gasteiger partial charge in [0.2, 0.25) is 0 Å². The van der Waals surface area contributed by atoms with Gasteiger partial charge in [-0.25, -0.2) is 9.78 Å². The zero-order valence-electron chi connectivity index (χ0n) is 11.3. The molecule has 0 fully saturated rings. The molecule has 0 spiro atoms. The van der Waals surface area contributed by atoms with Crippen molar-refractivity contribution >= 4 is 11.8 Å². The minimum absolute atomic E-state index is 0.119. The maximum absolute atomic E-state index is 11.6. The molecule has 2 rings (SSSR count). The standard InChI is InChI=1S/C11H16N6O2/c1-6(10-15-13-5-16(10)3)17-7(2)14-8(9(17)12)11(18)19-4/h5-6H,12H2,1-4H3. The van der Waals surface area contributed by atoms with E-state index in [-0.39, 0.29) is 17.6 Å². The van der Waals surface area contributed by atoms with E-state index in [1.165, 1.54) is 7.11 Å². The van der Waals surface area contributed by atoms with Gasteiger partial charge in [0.25, 0.3) is 0 Å². The average molecular weight is 264 g/mol. The fraction of sp³-hybridized carbons (Fsp3) is 0.455. The smallest absolute Gasteiger partial charge is 0.360 e. The zero-order chi connectivity index (χ0) is 14.2. The number of hydrogen-bond donors (Lipinski definition) is 1. The van der Waals surface area contributed by atoms with Gasteiger partial charge in [-0.15, -0.1) is 10.2 Å². The molecule has 2 aromatic heterocycles. The first-order valence-electron chi connectivity index (χ1n) is 5.73. The van der Waals surface area contributed by atoms with Gasteiger partial charge in [-0.1, -0.05) is 0 Å². The quantitative estimate of drug-likeness (QED) is 0.800. The summed E-state index contributed by atoms with van der Waals surface area (Å²) in [6, 6.07) is -0.182. The van der Waals surface area contributed by atoms with Gasteiger partial charge >= 0.3 is 5.97 Å². The van der Waals surface area contributed by atoms with Gasteiger partial charge in [0.1, 0.15) is 18.0 Å². The summed E-state index contributed by atoms with van der Waals surface area (Å²) in [6.07, 6.45) is 1.61. The molecular weight excluding hydrogens is 248 g/mol. The van der Waals surface area contributed by atoms with Crippen LogP contribution in [-0.4, -0.2) is 37.4 Å². The number of imidazole rings is 1. The lowest BCUT2D eigenvalue weighted by atomic mass is 10.3. The lowest BCUT2D eigenvalue weighted by Crippen LogP contribution is -2.16. The van der Waals surface area contributed by atoms with E-state index in [9.17, 15) is 4.79 Å². The molecule has 0 amide bonds. The van der Waals surface area contributed by atoms with Crippen LogP contribution in [0.1, 0.15) is 35.1 Å². The van der Waals surface area contributed by atoms with Crippen molar-refractivity contribution in [2.75, 3.05) is 12.8 Å². The second kappa shape index (κ2) is 4.71. The molecular formula is C11H16N6O2. The number of nitrogens with two attached hydrogens (primary N) is 1. The molecule has 19 heavy (non-hydrogen) atoms. The Kier molecular flexibility index (Phi) is 3.24. The van der Waals surface area contributed by atoms with Crippen LogP contribution in [0.4, 0.5) is 5.82 Å². The SMILES string of the molecule is COC(=O)c1nc(C)n(C(C)c2nncn2C)c1N. The van der Waals surface area contributed by atoms with Crippen LogP contribution in [0.15, 0.2) is 6.33 Å². The predicted molar refractivity (Wildman–Crippen MR) is 67.5 cm³/mol. The Balaban J connectivity index is 2.49. The molecule has 1 unspecified atom stereocenters. The molecule has 0 radical (unpaired) electrons.